The Balaban J connectivity index is 1.89. The maximum Gasteiger partial charge on any atom is 0.251 e. The van der Waals surface area contributed by atoms with Crippen LogP contribution in [-0.4, -0.2) is 18.4 Å². The van der Waals surface area contributed by atoms with Crippen LogP contribution >= 0.6 is 0 Å². The van der Waals surface area contributed by atoms with Gasteiger partial charge in [-0.25, -0.2) is 4.39 Å². The first kappa shape index (κ1) is 15.7. The predicted octanol–water partition coefficient (Wildman–Crippen LogP) is 2.81. The van der Waals surface area contributed by atoms with Crippen LogP contribution in [0, 0.1) is 19.7 Å². The third-order valence-electron chi connectivity index (χ3n) is 3.19. The number of carbonyl (C=O) groups is 2. The number of amides is 2. The van der Waals surface area contributed by atoms with Gasteiger partial charge in [-0.05, 0) is 49.7 Å². The number of nitrogens with one attached hydrogen (secondary N) is 2. The van der Waals surface area contributed by atoms with Gasteiger partial charge in [0, 0.05) is 11.3 Å². The van der Waals surface area contributed by atoms with Gasteiger partial charge in [0.15, 0.2) is 0 Å². The Labute approximate surface area is 128 Å². The summed E-state index contributed by atoms with van der Waals surface area (Å²) in [6.07, 6.45) is 0. The minimum absolute atomic E-state index is 0.149. The third kappa shape index (κ3) is 4.15. The van der Waals surface area contributed by atoms with Crippen LogP contribution in [-0.2, 0) is 4.79 Å². The largest absolute Gasteiger partial charge is 0.343 e. The summed E-state index contributed by atoms with van der Waals surface area (Å²) in [6.45, 7) is 3.48. The molecule has 0 spiro atoms. The molecule has 0 aliphatic carbocycles. The van der Waals surface area contributed by atoms with Crippen molar-refractivity contribution in [2.75, 3.05) is 11.9 Å². The van der Waals surface area contributed by atoms with Gasteiger partial charge in [0.1, 0.15) is 5.82 Å². The number of carbonyl (C=O) groups excluding carboxylic acids is 2. The first-order valence-electron chi connectivity index (χ1n) is 6.86. The lowest BCUT2D eigenvalue weighted by Gasteiger charge is -2.09. The second kappa shape index (κ2) is 6.85. The van der Waals surface area contributed by atoms with E-state index in [0.29, 0.717) is 16.8 Å². The zero-order valence-electron chi connectivity index (χ0n) is 12.4. The molecule has 2 N–H and O–H groups in total. The Hall–Kier alpha value is -2.69. The molecule has 0 saturated heterocycles. The van der Waals surface area contributed by atoms with Gasteiger partial charge in [-0.15, -0.1) is 0 Å². The van der Waals surface area contributed by atoms with Gasteiger partial charge in [-0.2, -0.15) is 0 Å². The zero-order chi connectivity index (χ0) is 16.1. The molecule has 0 aliphatic heterocycles. The molecule has 0 heterocycles. The van der Waals surface area contributed by atoms with Crippen LogP contribution in [0.2, 0.25) is 0 Å². The summed E-state index contributed by atoms with van der Waals surface area (Å²) >= 11 is 0. The molecule has 0 unspecified atom stereocenters. The van der Waals surface area contributed by atoms with Gasteiger partial charge < -0.3 is 10.6 Å². The fourth-order valence-corrected chi connectivity index (χ4v) is 1.93. The number of halogens is 1. The van der Waals surface area contributed by atoms with E-state index < -0.39 is 0 Å². The van der Waals surface area contributed by atoms with Crippen molar-refractivity contribution in [3.8, 4) is 0 Å². The Morgan fingerprint density at radius 1 is 1.05 bits per heavy atom. The monoisotopic (exact) mass is 300 g/mol. The first-order chi connectivity index (χ1) is 10.5. The highest BCUT2D eigenvalue weighted by Gasteiger charge is 2.09. The molecule has 0 bridgehead atoms. The summed E-state index contributed by atoms with van der Waals surface area (Å²) in [5, 5.41) is 5.18. The van der Waals surface area contributed by atoms with E-state index in [-0.39, 0.29) is 24.2 Å². The summed E-state index contributed by atoms with van der Waals surface area (Å²) in [6, 6.07) is 11.2. The predicted molar refractivity (Wildman–Crippen MR) is 83.3 cm³/mol. The van der Waals surface area contributed by atoms with Crippen molar-refractivity contribution in [1.29, 1.82) is 0 Å². The molecular formula is C17H17FN2O2. The lowest BCUT2D eigenvalue weighted by atomic mass is 10.1. The number of hydrogen-bond donors (Lipinski definition) is 2. The molecule has 0 aromatic heterocycles. The normalized spacial score (nSPS) is 10.1. The van der Waals surface area contributed by atoms with Crippen LogP contribution in [0.5, 0.6) is 0 Å². The molecule has 5 heteroatoms. The maximum atomic E-state index is 13.0. The van der Waals surface area contributed by atoms with E-state index in [1.54, 1.807) is 19.1 Å². The molecular weight excluding hydrogens is 283 g/mol. The van der Waals surface area contributed by atoms with Crippen LogP contribution in [0.4, 0.5) is 10.1 Å². The Bertz CT molecular complexity index is 696. The van der Waals surface area contributed by atoms with Gasteiger partial charge in [0.25, 0.3) is 5.91 Å². The Morgan fingerprint density at radius 2 is 1.73 bits per heavy atom. The van der Waals surface area contributed by atoms with Gasteiger partial charge >= 0.3 is 0 Å². The quantitative estimate of drug-likeness (QED) is 0.912. The highest BCUT2D eigenvalue weighted by Crippen LogP contribution is 2.15. The summed E-state index contributed by atoms with van der Waals surface area (Å²) in [5.41, 5.74) is 2.70. The summed E-state index contributed by atoms with van der Waals surface area (Å²) < 4.78 is 13.0. The summed E-state index contributed by atoms with van der Waals surface area (Å²) in [5.74, 6) is -1.04. The molecule has 0 radical (unpaired) electrons. The molecule has 0 fully saturated rings. The van der Waals surface area contributed by atoms with Crippen LogP contribution < -0.4 is 10.6 Å². The Morgan fingerprint density at radius 3 is 2.36 bits per heavy atom. The standard InChI is InChI=1S/C17H17FN2O2/c1-11-3-5-13(6-4-11)17(22)19-10-16(21)20-15-8-7-14(18)9-12(15)2/h3-9H,10H2,1-2H3,(H,19,22)(H,20,21). The highest BCUT2D eigenvalue weighted by atomic mass is 19.1. The van der Waals surface area contributed by atoms with E-state index in [9.17, 15) is 14.0 Å². The molecule has 0 atom stereocenters. The first-order valence-corrected chi connectivity index (χ1v) is 6.86. The average Bonchev–Trinajstić information content (AvgIpc) is 2.48. The van der Waals surface area contributed by atoms with Crippen LogP contribution in [0.3, 0.4) is 0 Å². The molecule has 114 valence electrons. The smallest absolute Gasteiger partial charge is 0.251 e. The number of hydrogen-bond acceptors (Lipinski definition) is 2. The lowest BCUT2D eigenvalue weighted by Crippen LogP contribution is -2.33. The number of benzene rings is 2. The van der Waals surface area contributed by atoms with E-state index in [0.717, 1.165) is 5.56 Å². The van der Waals surface area contributed by atoms with Crippen molar-refractivity contribution in [2.24, 2.45) is 0 Å². The van der Waals surface area contributed by atoms with Crippen molar-refractivity contribution in [3.63, 3.8) is 0 Å². The zero-order valence-corrected chi connectivity index (χ0v) is 12.4. The highest BCUT2D eigenvalue weighted by molar-refractivity contribution is 5.99. The molecule has 2 aromatic carbocycles. The fourth-order valence-electron chi connectivity index (χ4n) is 1.93. The summed E-state index contributed by atoms with van der Waals surface area (Å²) in [4.78, 5) is 23.7. The van der Waals surface area contributed by atoms with E-state index in [1.165, 1.54) is 18.2 Å². The average molecular weight is 300 g/mol. The Kier molecular flexibility index (Phi) is 4.88. The number of rotatable bonds is 4. The number of anilines is 1. The van der Waals surface area contributed by atoms with Crippen LogP contribution in [0.25, 0.3) is 0 Å². The van der Waals surface area contributed by atoms with E-state index >= 15 is 0 Å². The van der Waals surface area contributed by atoms with Crippen molar-refractivity contribution in [1.82, 2.24) is 5.32 Å². The topological polar surface area (TPSA) is 58.2 Å². The van der Waals surface area contributed by atoms with Crippen molar-refractivity contribution < 1.29 is 14.0 Å². The summed E-state index contributed by atoms with van der Waals surface area (Å²) in [7, 11) is 0. The van der Waals surface area contributed by atoms with E-state index in [2.05, 4.69) is 10.6 Å². The molecule has 2 aromatic rings. The van der Waals surface area contributed by atoms with E-state index in [1.807, 2.05) is 19.1 Å². The SMILES string of the molecule is Cc1ccc(C(=O)NCC(=O)Nc2ccc(F)cc2C)cc1. The van der Waals surface area contributed by atoms with Crippen molar-refractivity contribution >= 4 is 17.5 Å². The van der Waals surface area contributed by atoms with Gasteiger partial charge in [0.2, 0.25) is 5.91 Å². The van der Waals surface area contributed by atoms with E-state index in [4.69, 9.17) is 0 Å². The van der Waals surface area contributed by atoms with Gasteiger partial charge in [0.05, 0.1) is 6.54 Å². The second-order valence-corrected chi connectivity index (χ2v) is 5.06. The molecule has 22 heavy (non-hydrogen) atoms. The molecule has 0 aliphatic rings. The van der Waals surface area contributed by atoms with Crippen LogP contribution in [0.15, 0.2) is 42.5 Å². The maximum absolute atomic E-state index is 13.0. The minimum atomic E-state index is -0.366. The molecule has 2 rings (SSSR count). The fraction of sp³-hybridized carbons (Fsp3) is 0.176. The minimum Gasteiger partial charge on any atom is -0.343 e. The third-order valence-corrected chi connectivity index (χ3v) is 3.19. The number of aryl methyl sites for hydroxylation is 2. The molecule has 0 saturated carbocycles. The van der Waals surface area contributed by atoms with Gasteiger partial charge in [-0.1, -0.05) is 17.7 Å². The van der Waals surface area contributed by atoms with Crippen molar-refractivity contribution in [3.05, 3.63) is 65.0 Å². The van der Waals surface area contributed by atoms with Gasteiger partial charge in [-0.3, -0.25) is 9.59 Å². The second-order valence-electron chi connectivity index (χ2n) is 5.06. The molecule has 4 nitrogen and oxygen atoms in total. The van der Waals surface area contributed by atoms with Crippen LogP contribution in [0.1, 0.15) is 21.5 Å². The lowest BCUT2D eigenvalue weighted by molar-refractivity contribution is -0.115. The molecule has 2 amide bonds. The van der Waals surface area contributed by atoms with Crippen molar-refractivity contribution in [2.45, 2.75) is 13.8 Å².